The molecule has 1 amide bonds. The van der Waals surface area contributed by atoms with Gasteiger partial charge < -0.3 is 9.88 Å². The predicted octanol–water partition coefficient (Wildman–Crippen LogP) is 3.20. The molecule has 116 valence electrons. The van der Waals surface area contributed by atoms with E-state index in [9.17, 15) is 9.18 Å². The van der Waals surface area contributed by atoms with E-state index >= 15 is 0 Å². The number of benzene rings is 1. The summed E-state index contributed by atoms with van der Waals surface area (Å²) in [5.74, 6) is -0.362. The number of nitrogens with zero attached hydrogens (tertiary/aromatic N) is 2. The van der Waals surface area contributed by atoms with Gasteiger partial charge >= 0.3 is 0 Å². The summed E-state index contributed by atoms with van der Waals surface area (Å²) in [6.07, 6.45) is 2.47. The highest BCUT2D eigenvalue weighted by Gasteiger charge is 2.34. The second kappa shape index (κ2) is 5.19. The van der Waals surface area contributed by atoms with Crippen LogP contribution in [0, 0.1) is 5.82 Å². The SMILES string of the molecule is CC(=O)N1CCc2c([nH]c3ncccc23)C1c1ccccc1F. The van der Waals surface area contributed by atoms with Crippen LogP contribution in [0.15, 0.2) is 42.6 Å². The molecule has 1 atom stereocenters. The third kappa shape index (κ3) is 2.11. The number of hydrogen-bond donors (Lipinski definition) is 1. The number of fused-ring (bicyclic) bond motifs is 3. The Kier molecular flexibility index (Phi) is 3.15. The number of rotatable bonds is 1. The van der Waals surface area contributed by atoms with Gasteiger partial charge in [0.05, 0.1) is 0 Å². The van der Waals surface area contributed by atoms with Gasteiger partial charge in [-0.05, 0) is 30.2 Å². The lowest BCUT2D eigenvalue weighted by Crippen LogP contribution is -2.39. The predicted molar refractivity (Wildman–Crippen MR) is 85.4 cm³/mol. The molecule has 0 bridgehead atoms. The fraction of sp³-hybridized carbons (Fsp3) is 0.222. The fourth-order valence-electron chi connectivity index (χ4n) is 3.48. The third-order valence-electron chi connectivity index (χ3n) is 4.50. The van der Waals surface area contributed by atoms with Crippen LogP contribution in [-0.4, -0.2) is 27.3 Å². The Hall–Kier alpha value is -2.69. The lowest BCUT2D eigenvalue weighted by molar-refractivity contribution is -0.131. The zero-order chi connectivity index (χ0) is 16.0. The number of amides is 1. The Bertz CT molecular complexity index is 902. The van der Waals surface area contributed by atoms with Gasteiger partial charge in [0.15, 0.2) is 0 Å². The first kappa shape index (κ1) is 13.9. The Morgan fingerprint density at radius 1 is 1.30 bits per heavy atom. The minimum atomic E-state index is -0.438. The number of aromatic nitrogens is 2. The maximum absolute atomic E-state index is 14.4. The molecule has 1 aliphatic rings. The number of carbonyl (C=O) groups is 1. The van der Waals surface area contributed by atoms with Crippen LogP contribution in [0.1, 0.15) is 29.8 Å². The summed E-state index contributed by atoms with van der Waals surface area (Å²) >= 11 is 0. The van der Waals surface area contributed by atoms with Gasteiger partial charge in [-0.15, -0.1) is 0 Å². The van der Waals surface area contributed by atoms with Crippen LogP contribution in [0.25, 0.3) is 11.0 Å². The summed E-state index contributed by atoms with van der Waals surface area (Å²) in [7, 11) is 0. The quantitative estimate of drug-likeness (QED) is 0.750. The highest BCUT2D eigenvalue weighted by Crippen LogP contribution is 2.38. The Morgan fingerprint density at radius 2 is 2.13 bits per heavy atom. The summed E-state index contributed by atoms with van der Waals surface area (Å²) in [4.78, 5) is 21.5. The van der Waals surface area contributed by atoms with Crippen LogP contribution >= 0.6 is 0 Å². The molecule has 1 unspecified atom stereocenters. The summed E-state index contributed by atoms with van der Waals surface area (Å²) in [5, 5.41) is 1.05. The van der Waals surface area contributed by atoms with Crippen LogP contribution in [0.4, 0.5) is 4.39 Å². The smallest absolute Gasteiger partial charge is 0.220 e. The molecule has 1 aromatic carbocycles. The highest BCUT2D eigenvalue weighted by atomic mass is 19.1. The van der Waals surface area contributed by atoms with E-state index in [1.807, 2.05) is 12.1 Å². The van der Waals surface area contributed by atoms with E-state index in [2.05, 4.69) is 9.97 Å². The van der Waals surface area contributed by atoms with E-state index < -0.39 is 6.04 Å². The lowest BCUT2D eigenvalue weighted by atomic mass is 9.92. The first-order chi connectivity index (χ1) is 11.2. The number of halogens is 1. The first-order valence-corrected chi connectivity index (χ1v) is 7.64. The fourth-order valence-corrected chi connectivity index (χ4v) is 3.48. The van der Waals surface area contributed by atoms with E-state index in [4.69, 9.17) is 0 Å². The summed E-state index contributed by atoms with van der Waals surface area (Å²) in [5.41, 5.74) is 3.28. The molecular formula is C18H16FN3O. The summed E-state index contributed by atoms with van der Waals surface area (Å²) < 4.78 is 14.4. The molecule has 23 heavy (non-hydrogen) atoms. The van der Waals surface area contributed by atoms with Crippen LogP contribution in [0.3, 0.4) is 0 Å². The minimum absolute atomic E-state index is 0.0597. The van der Waals surface area contributed by atoms with Crippen molar-refractivity contribution in [2.45, 2.75) is 19.4 Å². The van der Waals surface area contributed by atoms with Crippen molar-refractivity contribution >= 4 is 16.9 Å². The summed E-state index contributed by atoms with van der Waals surface area (Å²) in [6, 6.07) is 10.1. The maximum Gasteiger partial charge on any atom is 0.220 e. The lowest BCUT2D eigenvalue weighted by Gasteiger charge is -2.35. The number of carbonyl (C=O) groups excluding carboxylic acids is 1. The maximum atomic E-state index is 14.4. The molecule has 1 aliphatic heterocycles. The van der Waals surface area contributed by atoms with Crippen molar-refractivity contribution in [1.82, 2.24) is 14.9 Å². The normalized spacial score (nSPS) is 17.3. The molecule has 4 nitrogen and oxygen atoms in total. The van der Waals surface area contributed by atoms with E-state index in [1.165, 1.54) is 13.0 Å². The van der Waals surface area contributed by atoms with E-state index in [1.54, 1.807) is 29.3 Å². The molecule has 0 saturated heterocycles. The van der Waals surface area contributed by atoms with Crippen molar-refractivity contribution in [1.29, 1.82) is 0 Å². The molecule has 0 radical (unpaired) electrons. The topological polar surface area (TPSA) is 49.0 Å². The number of nitrogens with one attached hydrogen (secondary N) is 1. The Morgan fingerprint density at radius 3 is 2.91 bits per heavy atom. The molecule has 1 N–H and O–H groups in total. The number of aromatic amines is 1. The first-order valence-electron chi connectivity index (χ1n) is 7.64. The average molecular weight is 309 g/mol. The van der Waals surface area contributed by atoms with Crippen LogP contribution in [0.5, 0.6) is 0 Å². The largest absolute Gasteiger partial charge is 0.341 e. The second-order valence-corrected chi connectivity index (χ2v) is 5.80. The van der Waals surface area contributed by atoms with Gasteiger partial charge in [0, 0.05) is 36.3 Å². The zero-order valence-electron chi connectivity index (χ0n) is 12.7. The van der Waals surface area contributed by atoms with Gasteiger partial charge in [0.2, 0.25) is 5.91 Å². The standard InChI is InChI=1S/C18H16FN3O/c1-11(23)22-10-8-12-13-6-4-9-20-18(13)21-16(12)17(22)14-5-2-3-7-15(14)19/h2-7,9,17H,8,10H2,1H3,(H,20,21). The zero-order valence-corrected chi connectivity index (χ0v) is 12.7. The molecule has 2 aromatic heterocycles. The Labute approximate surface area is 133 Å². The van der Waals surface area contributed by atoms with Crippen LogP contribution in [0.2, 0.25) is 0 Å². The molecular weight excluding hydrogens is 293 g/mol. The van der Waals surface area contributed by atoms with Crippen molar-refractivity contribution in [3.05, 3.63) is 65.2 Å². The van der Waals surface area contributed by atoms with Gasteiger partial charge in [-0.2, -0.15) is 0 Å². The highest BCUT2D eigenvalue weighted by molar-refractivity contribution is 5.83. The number of hydrogen-bond acceptors (Lipinski definition) is 2. The van der Waals surface area contributed by atoms with Crippen molar-refractivity contribution in [3.63, 3.8) is 0 Å². The molecule has 4 rings (SSSR count). The Balaban J connectivity index is 1.97. The van der Waals surface area contributed by atoms with Crippen molar-refractivity contribution < 1.29 is 9.18 Å². The average Bonchev–Trinajstić information content (AvgIpc) is 2.93. The molecule has 0 spiro atoms. The van der Waals surface area contributed by atoms with Crippen molar-refractivity contribution in [2.75, 3.05) is 6.54 Å². The number of H-pyrrole nitrogens is 1. The van der Waals surface area contributed by atoms with Gasteiger partial charge in [0.25, 0.3) is 0 Å². The minimum Gasteiger partial charge on any atom is -0.341 e. The molecule has 0 aliphatic carbocycles. The van der Waals surface area contributed by atoms with E-state index in [0.29, 0.717) is 12.1 Å². The van der Waals surface area contributed by atoms with E-state index in [-0.39, 0.29) is 11.7 Å². The van der Waals surface area contributed by atoms with Gasteiger partial charge in [0.1, 0.15) is 17.5 Å². The summed E-state index contributed by atoms with van der Waals surface area (Å²) in [6.45, 7) is 2.10. The second-order valence-electron chi connectivity index (χ2n) is 5.80. The monoisotopic (exact) mass is 309 g/mol. The van der Waals surface area contributed by atoms with E-state index in [0.717, 1.165) is 28.7 Å². The molecule has 3 heterocycles. The van der Waals surface area contributed by atoms with Gasteiger partial charge in [-0.1, -0.05) is 18.2 Å². The molecule has 3 aromatic rings. The van der Waals surface area contributed by atoms with Gasteiger partial charge in [-0.3, -0.25) is 4.79 Å². The molecule has 0 saturated carbocycles. The van der Waals surface area contributed by atoms with Crippen LogP contribution in [-0.2, 0) is 11.2 Å². The van der Waals surface area contributed by atoms with Crippen molar-refractivity contribution in [3.8, 4) is 0 Å². The van der Waals surface area contributed by atoms with Crippen molar-refractivity contribution in [2.24, 2.45) is 0 Å². The number of pyridine rings is 1. The van der Waals surface area contributed by atoms with Crippen LogP contribution < -0.4 is 0 Å². The third-order valence-corrected chi connectivity index (χ3v) is 4.50. The van der Waals surface area contributed by atoms with Gasteiger partial charge in [-0.25, -0.2) is 9.37 Å². The molecule has 0 fully saturated rings. The molecule has 5 heteroatoms.